The summed E-state index contributed by atoms with van der Waals surface area (Å²) >= 11 is 3.07. The number of pyridine rings is 1. The van der Waals surface area contributed by atoms with Crippen LogP contribution in [-0.2, 0) is 0 Å². The van der Waals surface area contributed by atoms with Gasteiger partial charge in [-0.25, -0.2) is 13.8 Å². The van der Waals surface area contributed by atoms with E-state index in [4.69, 9.17) is 5.73 Å². The van der Waals surface area contributed by atoms with Gasteiger partial charge in [-0.1, -0.05) is 6.07 Å². The lowest BCUT2D eigenvalue weighted by Crippen LogP contribution is -2.20. The highest BCUT2D eigenvalue weighted by Gasteiger charge is 2.18. The number of halogens is 3. The minimum atomic E-state index is -2.58. The van der Waals surface area contributed by atoms with Crippen LogP contribution in [0.5, 0.6) is 0 Å². The fourth-order valence-corrected chi connectivity index (χ4v) is 1.10. The zero-order valence-corrected chi connectivity index (χ0v) is 7.63. The lowest BCUT2D eigenvalue weighted by Gasteiger charge is -2.08. The zero-order chi connectivity index (χ0) is 9.14. The first-order valence-corrected chi connectivity index (χ1v) is 4.06. The molecule has 0 spiro atoms. The van der Waals surface area contributed by atoms with Crippen LogP contribution in [0.2, 0.25) is 0 Å². The number of aromatic nitrogens is 1. The monoisotopic (exact) mass is 236 g/mol. The van der Waals surface area contributed by atoms with Crippen molar-refractivity contribution in [3.8, 4) is 0 Å². The SMILES string of the molecule is N[C@@H](c1cccc(Br)n1)C(F)F. The number of nitrogens with two attached hydrogens (primary N) is 1. The normalized spacial score (nSPS) is 13.4. The Hall–Kier alpha value is -0.550. The molecule has 0 saturated carbocycles. The van der Waals surface area contributed by atoms with Gasteiger partial charge in [0, 0.05) is 0 Å². The summed E-state index contributed by atoms with van der Waals surface area (Å²) in [6.45, 7) is 0. The largest absolute Gasteiger partial charge is 0.318 e. The van der Waals surface area contributed by atoms with E-state index in [0.717, 1.165) is 0 Å². The van der Waals surface area contributed by atoms with Crippen LogP contribution < -0.4 is 5.73 Å². The molecule has 1 aromatic heterocycles. The first kappa shape index (κ1) is 9.54. The van der Waals surface area contributed by atoms with Gasteiger partial charge < -0.3 is 5.73 Å². The molecule has 12 heavy (non-hydrogen) atoms. The molecule has 2 N–H and O–H groups in total. The quantitative estimate of drug-likeness (QED) is 0.800. The molecule has 0 bridgehead atoms. The average molecular weight is 237 g/mol. The van der Waals surface area contributed by atoms with Gasteiger partial charge in [-0.3, -0.25) is 0 Å². The number of hydrogen-bond donors (Lipinski definition) is 1. The maximum absolute atomic E-state index is 12.1. The Morgan fingerprint density at radius 1 is 1.42 bits per heavy atom. The van der Waals surface area contributed by atoms with E-state index >= 15 is 0 Å². The zero-order valence-electron chi connectivity index (χ0n) is 6.05. The minimum Gasteiger partial charge on any atom is -0.318 e. The molecule has 0 aliphatic rings. The molecular weight excluding hydrogens is 230 g/mol. The molecule has 0 saturated heterocycles. The molecular formula is C7H7BrF2N2. The van der Waals surface area contributed by atoms with Crippen molar-refractivity contribution in [1.29, 1.82) is 0 Å². The third-order valence-electron chi connectivity index (χ3n) is 1.35. The van der Waals surface area contributed by atoms with Gasteiger partial charge in [-0.2, -0.15) is 0 Å². The average Bonchev–Trinajstić information content (AvgIpc) is 2.03. The molecule has 66 valence electrons. The number of rotatable bonds is 2. The maximum Gasteiger partial charge on any atom is 0.259 e. The van der Waals surface area contributed by atoms with E-state index in [2.05, 4.69) is 20.9 Å². The molecule has 1 aromatic rings. The van der Waals surface area contributed by atoms with Crippen LogP contribution in [0.4, 0.5) is 8.78 Å². The molecule has 0 aromatic carbocycles. The van der Waals surface area contributed by atoms with Gasteiger partial charge >= 0.3 is 0 Å². The molecule has 0 fully saturated rings. The van der Waals surface area contributed by atoms with Gasteiger partial charge in [0.1, 0.15) is 10.6 Å². The topological polar surface area (TPSA) is 38.9 Å². The second kappa shape index (κ2) is 3.91. The summed E-state index contributed by atoms with van der Waals surface area (Å²) in [7, 11) is 0. The predicted molar refractivity (Wildman–Crippen MR) is 44.9 cm³/mol. The van der Waals surface area contributed by atoms with Gasteiger partial charge in [0.2, 0.25) is 0 Å². The number of alkyl halides is 2. The van der Waals surface area contributed by atoms with Crippen molar-refractivity contribution < 1.29 is 8.78 Å². The van der Waals surface area contributed by atoms with Crippen LogP contribution in [0.1, 0.15) is 11.7 Å². The third-order valence-corrected chi connectivity index (χ3v) is 1.79. The third kappa shape index (κ3) is 2.22. The van der Waals surface area contributed by atoms with Crippen molar-refractivity contribution in [3.63, 3.8) is 0 Å². The second-order valence-corrected chi connectivity index (χ2v) is 3.06. The van der Waals surface area contributed by atoms with Crippen molar-refractivity contribution in [2.45, 2.75) is 12.5 Å². The van der Waals surface area contributed by atoms with Crippen molar-refractivity contribution in [1.82, 2.24) is 4.98 Å². The Labute approximate surface area is 76.9 Å². The molecule has 0 unspecified atom stereocenters. The molecule has 0 radical (unpaired) electrons. The lowest BCUT2D eigenvalue weighted by atomic mass is 10.2. The van der Waals surface area contributed by atoms with E-state index in [1.54, 1.807) is 12.1 Å². The standard InChI is InChI=1S/C7H7BrF2N2/c8-5-3-1-2-4(12-5)6(11)7(9)10/h1-3,6-7H,11H2/t6-/m0/s1. The molecule has 1 atom stereocenters. The van der Waals surface area contributed by atoms with Gasteiger partial charge in [-0.15, -0.1) is 0 Å². The summed E-state index contributed by atoms with van der Waals surface area (Å²) in [5, 5.41) is 0. The summed E-state index contributed by atoms with van der Waals surface area (Å²) in [6.07, 6.45) is -2.58. The van der Waals surface area contributed by atoms with E-state index in [0.29, 0.717) is 4.60 Å². The smallest absolute Gasteiger partial charge is 0.259 e. The highest BCUT2D eigenvalue weighted by molar-refractivity contribution is 9.10. The first-order valence-electron chi connectivity index (χ1n) is 3.27. The molecule has 5 heteroatoms. The van der Waals surface area contributed by atoms with Gasteiger partial charge in [0.15, 0.2) is 0 Å². The van der Waals surface area contributed by atoms with E-state index in [1.807, 2.05) is 0 Å². The Kier molecular flexibility index (Phi) is 3.11. The Morgan fingerprint density at radius 3 is 2.58 bits per heavy atom. The molecule has 0 aliphatic carbocycles. The van der Waals surface area contributed by atoms with Crippen molar-refractivity contribution in [3.05, 3.63) is 28.5 Å². The summed E-state index contributed by atoms with van der Waals surface area (Å²) in [4.78, 5) is 3.81. The van der Waals surface area contributed by atoms with Crippen LogP contribution in [-0.4, -0.2) is 11.4 Å². The van der Waals surface area contributed by atoms with Crippen LogP contribution in [0.25, 0.3) is 0 Å². The summed E-state index contributed by atoms with van der Waals surface area (Å²) < 4.78 is 24.6. The predicted octanol–water partition coefficient (Wildman–Crippen LogP) is 2.11. The van der Waals surface area contributed by atoms with Gasteiger partial charge in [-0.05, 0) is 28.1 Å². The van der Waals surface area contributed by atoms with Crippen molar-refractivity contribution in [2.75, 3.05) is 0 Å². The van der Waals surface area contributed by atoms with E-state index in [9.17, 15) is 8.78 Å². The van der Waals surface area contributed by atoms with Crippen LogP contribution >= 0.6 is 15.9 Å². The van der Waals surface area contributed by atoms with E-state index in [-0.39, 0.29) is 5.69 Å². The molecule has 0 aliphatic heterocycles. The Morgan fingerprint density at radius 2 is 2.08 bits per heavy atom. The molecule has 2 nitrogen and oxygen atoms in total. The lowest BCUT2D eigenvalue weighted by molar-refractivity contribution is 0.114. The fraction of sp³-hybridized carbons (Fsp3) is 0.286. The summed E-state index contributed by atoms with van der Waals surface area (Å²) in [5.74, 6) is 0. The summed E-state index contributed by atoms with van der Waals surface area (Å²) in [6, 6.07) is 3.44. The fourth-order valence-electron chi connectivity index (χ4n) is 0.739. The van der Waals surface area contributed by atoms with Crippen LogP contribution in [0, 0.1) is 0 Å². The molecule has 1 rings (SSSR count). The molecule has 1 heterocycles. The van der Waals surface area contributed by atoms with E-state index < -0.39 is 12.5 Å². The van der Waals surface area contributed by atoms with Gasteiger partial charge in [0.25, 0.3) is 6.43 Å². The molecule has 0 amide bonds. The highest BCUT2D eigenvalue weighted by Crippen LogP contribution is 2.17. The minimum absolute atomic E-state index is 0.194. The van der Waals surface area contributed by atoms with Crippen molar-refractivity contribution in [2.24, 2.45) is 5.73 Å². The summed E-state index contributed by atoms with van der Waals surface area (Å²) in [5.41, 5.74) is 5.37. The van der Waals surface area contributed by atoms with Crippen LogP contribution in [0.3, 0.4) is 0 Å². The van der Waals surface area contributed by atoms with Crippen molar-refractivity contribution >= 4 is 15.9 Å². The second-order valence-electron chi connectivity index (χ2n) is 2.25. The number of hydrogen-bond acceptors (Lipinski definition) is 2. The number of nitrogens with zero attached hydrogens (tertiary/aromatic N) is 1. The van der Waals surface area contributed by atoms with E-state index in [1.165, 1.54) is 6.07 Å². The first-order chi connectivity index (χ1) is 5.61. The van der Waals surface area contributed by atoms with Crippen LogP contribution in [0.15, 0.2) is 22.8 Å². The Bertz CT molecular complexity index is 267. The Balaban J connectivity index is 2.88. The maximum atomic E-state index is 12.1. The highest BCUT2D eigenvalue weighted by atomic mass is 79.9. The van der Waals surface area contributed by atoms with Gasteiger partial charge in [0.05, 0.1) is 5.69 Å².